The van der Waals surface area contributed by atoms with Crippen LogP contribution in [0.15, 0.2) is 36.9 Å². The molecular formula is C21H28N2O3. The van der Waals surface area contributed by atoms with Crippen molar-refractivity contribution in [3.05, 3.63) is 42.5 Å². The van der Waals surface area contributed by atoms with Gasteiger partial charge in [0.05, 0.1) is 5.41 Å². The molecule has 5 nitrogen and oxygen atoms in total. The van der Waals surface area contributed by atoms with Crippen molar-refractivity contribution in [2.24, 2.45) is 5.41 Å². The Morgan fingerprint density at radius 3 is 2.88 bits per heavy atom. The van der Waals surface area contributed by atoms with Crippen LogP contribution in [0.25, 0.3) is 0 Å². The molecule has 0 aliphatic carbocycles. The molecule has 0 radical (unpaired) electrons. The molecule has 3 rings (SSSR count). The van der Waals surface area contributed by atoms with Gasteiger partial charge in [0, 0.05) is 31.2 Å². The van der Waals surface area contributed by atoms with Crippen molar-refractivity contribution < 1.29 is 14.3 Å². The minimum atomic E-state index is -0.394. The lowest BCUT2D eigenvalue weighted by molar-refractivity contribution is -0.147. The Hall–Kier alpha value is -2.30. The average Bonchev–Trinajstić information content (AvgIpc) is 3.07. The number of ether oxygens (including phenoxy) is 1. The van der Waals surface area contributed by atoms with E-state index in [-0.39, 0.29) is 17.9 Å². The van der Waals surface area contributed by atoms with Crippen molar-refractivity contribution in [1.82, 2.24) is 9.80 Å². The van der Waals surface area contributed by atoms with Crippen LogP contribution in [-0.2, 0) is 4.79 Å². The summed E-state index contributed by atoms with van der Waals surface area (Å²) < 4.78 is 5.53. The Morgan fingerprint density at radius 2 is 2.15 bits per heavy atom. The lowest BCUT2D eigenvalue weighted by atomic mass is 9.78. The molecule has 1 atom stereocenters. The van der Waals surface area contributed by atoms with Gasteiger partial charge in [0.15, 0.2) is 0 Å². The van der Waals surface area contributed by atoms with Crippen molar-refractivity contribution in [3.8, 4) is 5.75 Å². The Bertz CT molecular complexity index is 700. The van der Waals surface area contributed by atoms with Crippen LogP contribution in [0, 0.1) is 5.41 Å². The van der Waals surface area contributed by atoms with Gasteiger partial charge in [-0.05, 0) is 51.3 Å². The molecule has 2 amide bonds. The van der Waals surface area contributed by atoms with E-state index in [1.807, 2.05) is 21.9 Å². The quantitative estimate of drug-likeness (QED) is 0.762. The highest BCUT2D eigenvalue weighted by Gasteiger charge is 2.49. The SMILES string of the molecule is C=CCOc1cccc(C(=O)N2CCC3(CCCN(C(C)C)C3=O)C2)c1. The van der Waals surface area contributed by atoms with Crippen LogP contribution in [-0.4, -0.2) is 53.9 Å². The Kier molecular flexibility index (Phi) is 5.35. The molecule has 5 heteroatoms. The van der Waals surface area contributed by atoms with Gasteiger partial charge in [-0.2, -0.15) is 0 Å². The normalized spacial score (nSPS) is 23.0. The van der Waals surface area contributed by atoms with Gasteiger partial charge in [0.1, 0.15) is 12.4 Å². The number of carbonyl (C=O) groups excluding carboxylic acids is 2. The average molecular weight is 356 g/mol. The fourth-order valence-electron chi connectivity index (χ4n) is 4.07. The zero-order valence-corrected chi connectivity index (χ0v) is 15.7. The number of hydrogen-bond acceptors (Lipinski definition) is 3. The molecule has 1 unspecified atom stereocenters. The number of piperidine rings is 1. The monoisotopic (exact) mass is 356 g/mol. The Balaban J connectivity index is 1.73. The molecule has 2 aliphatic heterocycles. The molecule has 1 spiro atoms. The zero-order chi connectivity index (χ0) is 18.7. The van der Waals surface area contributed by atoms with Crippen LogP contribution in [0.4, 0.5) is 0 Å². The third-order valence-corrected chi connectivity index (χ3v) is 5.48. The summed E-state index contributed by atoms with van der Waals surface area (Å²) in [4.78, 5) is 29.8. The molecule has 140 valence electrons. The van der Waals surface area contributed by atoms with Gasteiger partial charge in [-0.3, -0.25) is 9.59 Å². The first kappa shape index (κ1) is 18.5. The van der Waals surface area contributed by atoms with E-state index in [4.69, 9.17) is 4.74 Å². The van der Waals surface area contributed by atoms with E-state index >= 15 is 0 Å². The summed E-state index contributed by atoms with van der Waals surface area (Å²) in [7, 11) is 0. The van der Waals surface area contributed by atoms with Gasteiger partial charge in [-0.1, -0.05) is 18.7 Å². The molecular weight excluding hydrogens is 328 g/mol. The molecule has 2 aliphatic rings. The van der Waals surface area contributed by atoms with Gasteiger partial charge in [-0.25, -0.2) is 0 Å². The zero-order valence-electron chi connectivity index (χ0n) is 15.7. The smallest absolute Gasteiger partial charge is 0.254 e. The van der Waals surface area contributed by atoms with Crippen LogP contribution >= 0.6 is 0 Å². The van der Waals surface area contributed by atoms with Crippen LogP contribution < -0.4 is 4.74 Å². The van der Waals surface area contributed by atoms with E-state index < -0.39 is 5.41 Å². The summed E-state index contributed by atoms with van der Waals surface area (Å²) in [5, 5.41) is 0. The lowest BCUT2D eigenvalue weighted by Gasteiger charge is -2.41. The fraction of sp³-hybridized carbons (Fsp3) is 0.524. The number of carbonyl (C=O) groups is 2. The van der Waals surface area contributed by atoms with Gasteiger partial charge < -0.3 is 14.5 Å². The molecule has 2 saturated heterocycles. The molecule has 26 heavy (non-hydrogen) atoms. The second-order valence-corrected chi connectivity index (χ2v) is 7.58. The van der Waals surface area contributed by atoms with Crippen LogP contribution in [0.5, 0.6) is 5.75 Å². The van der Waals surface area contributed by atoms with E-state index in [1.54, 1.807) is 18.2 Å². The van der Waals surface area contributed by atoms with Crippen molar-refractivity contribution in [2.75, 3.05) is 26.2 Å². The first-order chi connectivity index (χ1) is 12.5. The Morgan fingerprint density at radius 1 is 1.35 bits per heavy atom. The standard InChI is InChI=1S/C21H28N2O3/c1-4-13-26-18-8-5-7-17(14-18)19(24)22-12-10-21(15-22)9-6-11-23(16(2)3)20(21)25/h4-5,7-8,14,16H,1,6,9-13,15H2,2-3H3. The summed E-state index contributed by atoms with van der Waals surface area (Å²) in [5.41, 5.74) is 0.211. The van der Waals surface area contributed by atoms with Crippen molar-refractivity contribution in [2.45, 2.75) is 39.2 Å². The number of nitrogens with zero attached hydrogens (tertiary/aromatic N) is 2. The summed E-state index contributed by atoms with van der Waals surface area (Å²) in [6.07, 6.45) is 4.32. The first-order valence-electron chi connectivity index (χ1n) is 9.41. The van der Waals surface area contributed by atoms with E-state index in [0.717, 1.165) is 25.8 Å². The maximum Gasteiger partial charge on any atom is 0.254 e. The molecule has 0 N–H and O–H groups in total. The molecule has 2 heterocycles. The van der Waals surface area contributed by atoms with Gasteiger partial charge in [0.25, 0.3) is 5.91 Å². The molecule has 1 aromatic rings. The third-order valence-electron chi connectivity index (χ3n) is 5.48. The molecule has 0 saturated carbocycles. The highest BCUT2D eigenvalue weighted by atomic mass is 16.5. The second-order valence-electron chi connectivity index (χ2n) is 7.58. The number of amides is 2. The third kappa shape index (κ3) is 3.48. The largest absolute Gasteiger partial charge is 0.490 e. The minimum absolute atomic E-state index is 0.0274. The number of rotatable bonds is 5. The molecule has 0 aromatic heterocycles. The van der Waals surface area contributed by atoms with E-state index in [2.05, 4.69) is 20.4 Å². The summed E-state index contributed by atoms with van der Waals surface area (Å²) >= 11 is 0. The molecule has 2 fully saturated rings. The van der Waals surface area contributed by atoms with Crippen LogP contribution in [0.1, 0.15) is 43.5 Å². The maximum atomic E-state index is 13.0. The predicted molar refractivity (Wildman–Crippen MR) is 101 cm³/mol. The summed E-state index contributed by atoms with van der Waals surface area (Å²) in [6.45, 7) is 10.1. The first-order valence-corrected chi connectivity index (χ1v) is 9.41. The van der Waals surface area contributed by atoms with Crippen LogP contribution in [0.2, 0.25) is 0 Å². The Labute approximate surface area is 155 Å². The van der Waals surface area contributed by atoms with Crippen molar-refractivity contribution >= 4 is 11.8 Å². The molecule has 1 aromatic carbocycles. The fourth-order valence-corrected chi connectivity index (χ4v) is 4.07. The lowest BCUT2D eigenvalue weighted by Crippen LogP contribution is -2.52. The number of benzene rings is 1. The van der Waals surface area contributed by atoms with E-state index in [0.29, 0.717) is 31.0 Å². The number of likely N-dealkylation sites (tertiary alicyclic amines) is 2. The predicted octanol–water partition coefficient (Wildman–Crippen LogP) is 3.11. The summed E-state index contributed by atoms with van der Waals surface area (Å²) in [5.74, 6) is 0.849. The molecule has 0 bridgehead atoms. The van der Waals surface area contributed by atoms with E-state index in [1.165, 1.54) is 0 Å². The van der Waals surface area contributed by atoms with Gasteiger partial charge in [0.2, 0.25) is 5.91 Å². The van der Waals surface area contributed by atoms with E-state index in [9.17, 15) is 9.59 Å². The highest BCUT2D eigenvalue weighted by Crippen LogP contribution is 2.41. The van der Waals surface area contributed by atoms with Gasteiger partial charge >= 0.3 is 0 Å². The maximum absolute atomic E-state index is 13.0. The highest BCUT2D eigenvalue weighted by molar-refractivity contribution is 5.96. The summed E-state index contributed by atoms with van der Waals surface area (Å²) in [6, 6.07) is 7.43. The van der Waals surface area contributed by atoms with Gasteiger partial charge in [-0.15, -0.1) is 0 Å². The van der Waals surface area contributed by atoms with Crippen LogP contribution in [0.3, 0.4) is 0 Å². The van der Waals surface area contributed by atoms with Crippen molar-refractivity contribution in [1.29, 1.82) is 0 Å². The topological polar surface area (TPSA) is 49.9 Å². The number of hydrogen-bond donors (Lipinski definition) is 0. The van der Waals surface area contributed by atoms with Crippen molar-refractivity contribution in [3.63, 3.8) is 0 Å². The minimum Gasteiger partial charge on any atom is -0.490 e. The second kappa shape index (κ2) is 7.52.